The van der Waals surface area contributed by atoms with Gasteiger partial charge in [0.1, 0.15) is 5.78 Å². The Labute approximate surface area is 93.6 Å². The maximum absolute atomic E-state index is 11.5. The molecule has 0 aromatic carbocycles. The van der Waals surface area contributed by atoms with Crippen LogP contribution in [0.15, 0.2) is 0 Å². The fourth-order valence-corrected chi connectivity index (χ4v) is 1.64. The van der Waals surface area contributed by atoms with E-state index in [0.29, 0.717) is 19.3 Å². The minimum Gasteiger partial charge on any atom is -0.327 e. The number of carbonyl (C=O) groups excluding carboxylic acids is 1. The summed E-state index contributed by atoms with van der Waals surface area (Å²) < 4.78 is 0. The highest BCUT2D eigenvalue weighted by Crippen LogP contribution is 2.21. The molecule has 1 atom stereocenters. The van der Waals surface area contributed by atoms with E-state index in [4.69, 9.17) is 12.2 Å². The van der Waals surface area contributed by atoms with Crippen LogP contribution >= 0.6 is 0 Å². The van der Waals surface area contributed by atoms with Crippen LogP contribution < -0.4 is 5.73 Å². The highest BCUT2D eigenvalue weighted by atomic mass is 16.1. The first kappa shape index (κ1) is 14.2. The minimum atomic E-state index is -0.0108. The normalized spacial score (nSPS) is 13.3. The summed E-state index contributed by atoms with van der Waals surface area (Å²) in [6, 6.07) is -0.0108. The Bertz CT molecular complexity index is 232. The van der Waals surface area contributed by atoms with Gasteiger partial charge in [-0.2, -0.15) is 0 Å². The van der Waals surface area contributed by atoms with Gasteiger partial charge >= 0.3 is 0 Å². The second kappa shape index (κ2) is 6.63. The summed E-state index contributed by atoms with van der Waals surface area (Å²) in [6.45, 7) is 6.40. The van der Waals surface area contributed by atoms with Gasteiger partial charge < -0.3 is 5.73 Å². The number of terminal acetylenes is 1. The Morgan fingerprint density at radius 2 is 2.07 bits per heavy atom. The fraction of sp³-hybridized carbons (Fsp3) is 0.769. The topological polar surface area (TPSA) is 43.1 Å². The van der Waals surface area contributed by atoms with Crippen molar-refractivity contribution in [3.8, 4) is 12.3 Å². The number of unbranched alkanes of at least 4 members (excludes halogenated alkanes) is 1. The molecule has 2 heteroatoms. The Morgan fingerprint density at radius 3 is 2.53 bits per heavy atom. The van der Waals surface area contributed by atoms with Gasteiger partial charge in [0.15, 0.2) is 0 Å². The predicted octanol–water partition coefficient (Wildman–Crippen LogP) is 2.51. The molecule has 86 valence electrons. The van der Waals surface area contributed by atoms with Crippen LogP contribution in [0.4, 0.5) is 0 Å². The number of nitrogens with two attached hydrogens (primary N) is 1. The third kappa shape index (κ3) is 9.49. The second-order valence-corrected chi connectivity index (χ2v) is 5.33. The molecule has 2 N–H and O–H groups in total. The lowest BCUT2D eigenvalue weighted by atomic mass is 9.86. The molecule has 0 amide bonds. The molecule has 0 saturated carbocycles. The van der Waals surface area contributed by atoms with Crippen LogP contribution in [0.3, 0.4) is 0 Å². The first-order valence-electron chi connectivity index (χ1n) is 5.56. The average molecular weight is 209 g/mol. The van der Waals surface area contributed by atoms with Crippen molar-refractivity contribution in [3.63, 3.8) is 0 Å². The van der Waals surface area contributed by atoms with E-state index in [1.165, 1.54) is 0 Å². The molecule has 0 bridgehead atoms. The number of Topliss-reactive ketones (excluding diaryl/α,β-unsaturated/α-hetero) is 1. The monoisotopic (exact) mass is 209 g/mol. The Balaban J connectivity index is 3.73. The van der Waals surface area contributed by atoms with Crippen LogP contribution in [0.25, 0.3) is 0 Å². The van der Waals surface area contributed by atoms with Gasteiger partial charge in [-0.3, -0.25) is 4.79 Å². The standard InChI is InChI=1S/C13H23NO/c1-5-6-7-8-12(15)9-11(14)10-13(2,3)4/h1,11H,6-10,14H2,2-4H3. The Hall–Kier alpha value is -0.810. The van der Waals surface area contributed by atoms with Crippen LogP contribution in [0.5, 0.6) is 0 Å². The molecule has 0 saturated heterocycles. The summed E-state index contributed by atoms with van der Waals surface area (Å²) in [5.41, 5.74) is 6.10. The summed E-state index contributed by atoms with van der Waals surface area (Å²) in [4.78, 5) is 11.5. The predicted molar refractivity (Wildman–Crippen MR) is 64.4 cm³/mol. The van der Waals surface area contributed by atoms with Crippen LogP contribution in [0.2, 0.25) is 0 Å². The van der Waals surface area contributed by atoms with E-state index in [0.717, 1.165) is 12.8 Å². The van der Waals surface area contributed by atoms with Crippen molar-refractivity contribution in [2.75, 3.05) is 0 Å². The molecule has 15 heavy (non-hydrogen) atoms. The lowest BCUT2D eigenvalue weighted by Gasteiger charge is -2.22. The molecular weight excluding hydrogens is 186 g/mol. The van der Waals surface area contributed by atoms with Crippen molar-refractivity contribution in [2.24, 2.45) is 11.1 Å². The average Bonchev–Trinajstić information content (AvgIpc) is 2.00. The maximum atomic E-state index is 11.5. The first-order valence-corrected chi connectivity index (χ1v) is 5.56. The van der Waals surface area contributed by atoms with Crippen molar-refractivity contribution in [1.29, 1.82) is 0 Å². The third-order valence-corrected chi connectivity index (χ3v) is 2.14. The van der Waals surface area contributed by atoms with Gasteiger partial charge in [0.05, 0.1) is 0 Å². The molecule has 0 aliphatic rings. The van der Waals surface area contributed by atoms with E-state index in [-0.39, 0.29) is 17.2 Å². The van der Waals surface area contributed by atoms with E-state index in [1.807, 2.05) is 0 Å². The van der Waals surface area contributed by atoms with Gasteiger partial charge in [0.25, 0.3) is 0 Å². The zero-order valence-electron chi connectivity index (χ0n) is 10.2. The number of ketones is 1. The SMILES string of the molecule is C#CCCCC(=O)CC(N)CC(C)(C)C. The molecule has 0 aromatic rings. The molecule has 0 spiro atoms. The molecule has 1 unspecified atom stereocenters. The van der Waals surface area contributed by atoms with Crippen molar-refractivity contribution >= 4 is 5.78 Å². The number of hydrogen-bond donors (Lipinski definition) is 1. The summed E-state index contributed by atoms with van der Waals surface area (Å²) >= 11 is 0. The van der Waals surface area contributed by atoms with Crippen LogP contribution in [-0.4, -0.2) is 11.8 Å². The molecule has 0 heterocycles. The summed E-state index contributed by atoms with van der Waals surface area (Å²) in [7, 11) is 0. The van der Waals surface area contributed by atoms with Crippen molar-refractivity contribution in [2.45, 2.75) is 58.9 Å². The summed E-state index contributed by atoms with van der Waals surface area (Å²) in [5.74, 6) is 2.77. The van der Waals surface area contributed by atoms with Gasteiger partial charge in [-0.1, -0.05) is 20.8 Å². The van der Waals surface area contributed by atoms with Crippen LogP contribution in [0.1, 0.15) is 52.9 Å². The third-order valence-electron chi connectivity index (χ3n) is 2.14. The lowest BCUT2D eigenvalue weighted by Crippen LogP contribution is -2.28. The van der Waals surface area contributed by atoms with Gasteiger partial charge in [0.2, 0.25) is 0 Å². The van der Waals surface area contributed by atoms with Gasteiger partial charge in [-0.25, -0.2) is 0 Å². The van der Waals surface area contributed by atoms with E-state index in [1.54, 1.807) is 0 Å². The smallest absolute Gasteiger partial charge is 0.134 e. The maximum Gasteiger partial charge on any atom is 0.134 e. The first-order chi connectivity index (χ1) is 6.85. The van der Waals surface area contributed by atoms with E-state index in [2.05, 4.69) is 26.7 Å². The molecule has 0 aliphatic heterocycles. The van der Waals surface area contributed by atoms with Crippen LogP contribution in [0, 0.1) is 17.8 Å². The number of carbonyl (C=O) groups is 1. The highest BCUT2D eigenvalue weighted by Gasteiger charge is 2.17. The highest BCUT2D eigenvalue weighted by molar-refractivity contribution is 5.78. The molecule has 0 aromatic heterocycles. The zero-order chi connectivity index (χ0) is 11.9. The van der Waals surface area contributed by atoms with E-state index in [9.17, 15) is 4.79 Å². The Morgan fingerprint density at radius 1 is 1.47 bits per heavy atom. The molecular formula is C13H23NO. The van der Waals surface area contributed by atoms with Crippen molar-refractivity contribution < 1.29 is 4.79 Å². The molecule has 0 radical (unpaired) electrons. The van der Waals surface area contributed by atoms with Gasteiger partial charge in [0, 0.05) is 25.3 Å². The summed E-state index contributed by atoms with van der Waals surface area (Å²) in [6.07, 6.45) is 8.53. The van der Waals surface area contributed by atoms with Crippen LogP contribution in [-0.2, 0) is 4.79 Å². The molecule has 0 aliphatic carbocycles. The lowest BCUT2D eigenvalue weighted by molar-refractivity contribution is -0.119. The molecule has 0 rings (SSSR count). The number of rotatable bonds is 6. The quantitative estimate of drug-likeness (QED) is 0.539. The van der Waals surface area contributed by atoms with Crippen molar-refractivity contribution in [1.82, 2.24) is 0 Å². The molecule has 0 fully saturated rings. The number of hydrogen-bond acceptors (Lipinski definition) is 2. The zero-order valence-corrected chi connectivity index (χ0v) is 10.2. The fourth-order valence-electron chi connectivity index (χ4n) is 1.64. The van der Waals surface area contributed by atoms with Gasteiger partial charge in [-0.15, -0.1) is 12.3 Å². The summed E-state index contributed by atoms with van der Waals surface area (Å²) in [5, 5.41) is 0. The second-order valence-electron chi connectivity index (χ2n) is 5.33. The van der Waals surface area contributed by atoms with E-state index < -0.39 is 0 Å². The van der Waals surface area contributed by atoms with Gasteiger partial charge in [-0.05, 0) is 18.3 Å². The molecule has 2 nitrogen and oxygen atoms in total. The minimum absolute atomic E-state index is 0.0108. The van der Waals surface area contributed by atoms with E-state index >= 15 is 0 Å². The largest absolute Gasteiger partial charge is 0.327 e. The Kier molecular flexibility index (Phi) is 6.27. The van der Waals surface area contributed by atoms with Crippen molar-refractivity contribution in [3.05, 3.63) is 0 Å².